The van der Waals surface area contributed by atoms with Crippen LogP contribution in [0.5, 0.6) is 0 Å². The Morgan fingerprint density at radius 1 is 1.12 bits per heavy atom. The van der Waals surface area contributed by atoms with Crippen molar-refractivity contribution in [2.75, 3.05) is 13.2 Å². The SMILES string of the molecule is CC(NC(=O)c1ccco1)C(=O)OCCN1C(=O)c2ccccc2C1=O. The molecule has 1 aromatic heterocycles. The Bertz CT molecular complexity index is 823. The monoisotopic (exact) mass is 356 g/mol. The van der Waals surface area contributed by atoms with Gasteiger partial charge in [-0.3, -0.25) is 19.3 Å². The molecule has 1 unspecified atom stereocenters. The maximum atomic E-state index is 12.2. The van der Waals surface area contributed by atoms with Crippen LogP contribution >= 0.6 is 0 Å². The third-order valence-electron chi connectivity index (χ3n) is 3.88. The minimum atomic E-state index is -0.908. The van der Waals surface area contributed by atoms with Crippen molar-refractivity contribution in [1.29, 1.82) is 0 Å². The van der Waals surface area contributed by atoms with Crippen molar-refractivity contribution in [1.82, 2.24) is 10.2 Å². The van der Waals surface area contributed by atoms with Crippen molar-refractivity contribution >= 4 is 23.7 Å². The summed E-state index contributed by atoms with van der Waals surface area (Å²) in [5.41, 5.74) is 0.672. The number of fused-ring (bicyclic) bond motifs is 1. The molecule has 0 aliphatic carbocycles. The Morgan fingerprint density at radius 2 is 1.77 bits per heavy atom. The number of esters is 1. The van der Waals surface area contributed by atoms with Crippen LogP contribution in [-0.2, 0) is 9.53 Å². The molecule has 0 radical (unpaired) electrons. The van der Waals surface area contributed by atoms with Crippen LogP contribution in [0.2, 0.25) is 0 Å². The third kappa shape index (κ3) is 3.34. The molecule has 0 bridgehead atoms. The fraction of sp³-hybridized carbons (Fsp3) is 0.222. The van der Waals surface area contributed by atoms with E-state index in [2.05, 4.69) is 5.32 Å². The summed E-state index contributed by atoms with van der Waals surface area (Å²) in [6, 6.07) is 8.63. The molecule has 1 aliphatic rings. The lowest BCUT2D eigenvalue weighted by Gasteiger charge is -2.16. The van der Waals surface area contributed by atoms with Crippen LogP contribution in [-0.4, -0.2) is 47.8 Å². The summed E-state index contributed by atoms with van der Waals surface area (Å²) in [5, 5.41) is 2.44. The Labute approximate surface area is 148 Å². The van der Waals surface area contributed by atoms with Gasteiger partial charge in [0.1, 0.15) is 12.6 Å². The number of nitrogens with one attached hydrogen (secondary N) is 1. The highest BCUT2D eigenvalue weighted by atomic mass is 16.5. The standard InChI is InChI=1S/C18H16N2O6/c1-11(19-15(21)14-7-4-9-25-14)18(24)26-10-8-20-16(22)12-5-2-3-6-13(12)17(20)23/h2-7,9,11H,8,10H2,1H3,(H,19,21). The van der Waals surface area contributed by atoms with Crippen molar-refractivity contribution in [3.05, 3.63) is 59.5 Å². The molecule has 8 nitrogen and oxygen atoms in total. The first kappa shape index (κ1) is 17.4. The molecule has 0 spiro atoms. The summed E-state index contributed by atoms with van der Waals surface area (Å²) >= 11 is 0. The summed E-state index contributed by atoms with van der Waals surface area (Å²) in [4.78, 5) is 49.2. The van der Waals surface area contributed by atoms with Gasteiger partial charge in [0, 0.05) is 0 Å². The molecule has 3 rings (SSSR count). The normalized spacial score (nSPS) is 14.1. The Morgan fingerprint density at radius 3 is 2.35 bits per heavy atom. The fourth-order valence-electron chi connectivity index (χ4n) is 2.54. The molecule has 1 atom stereocenters. The van der Waals surface area contributed by atoms with Gasteiger partial charge in [-0.15, -0.1) is 0 Å². The van der Waals surface area contributed by atoms with Crippen LogP contribution in [0.15, 0.2) is 47.1 Å². The molecule has 0 saturated heterocycles. The molecule has 2 heterocycles. The van der Waals surface area contributed by atoms with Crippen molar-refractivity contribution in [2.24, 2.45) is 0 Å². The topological polar surface area (TPSA) is 106 Å². The van der Waals surface area contributed by atoms with Crippen molar-refractivity contribution in [3.63, 3.8) is 0 Å². The van der Waals surface area contributed by atoms with E-state index in [-0.39, 0.29) is 18.9 Å². The first-order valence-electron chi connectivity index (χ1n) is 7.95. The second-order valence-corrected chi connectivity index (χ2v) is 5.65. The predicted octanol–water partition coefficient (Wildman–Crippen LogP) is 1.24. The molecule has 1 aromatic carbocycles. The van der Waals surface area contributed by atoms with Crippen LogP contribution in [0.3, 0.4) is 0 Å². The van der Waals surface area contributed by atoms with E-state index in [0.717, 1.165) is 4.90 Å². The van der Waals surface area contributed by atoms with Crippen LogP contribution in [0.25, 0.3) is 0 Å². The number of carbonyl (C=O) groups is 4. The first-order valence-corrected chi connectivity index (χ1v) is 7.95. The van der Waals surface area contributed by atoms with E-state index in [1.807, 2.05) is 0 Å². The number of ether oxygens (including phenoxy) is 1. The molecular formula is C18H16N2O6. The number of carbonyl (C=O) groups excluding carboxylic acids is 4. The van der Waals surface area contributed by atoms with Gasteiger partial charge in [0.25, 0.3) is 17.7 Å². The molecule has 8 heteroatoms. The summed E-state index contributed by atoms with van der Waals surface area (Å²) in [7, 11) is 0. The molecule has 3 amide bonds. The second-order valence-electron chi connectivity index (χ2n) is 5.65. The number of furan rings is 1. The zero-order valence-corrected chi connectivity index (χ0v) is 13.9. The molecule has 1 aliphatic heterocycles. The zero-order valence-electron chi connectivity index (χ0n) is 13.9. The molecule has 1 N–H and O–H groups in total. The lowest BCUT2D eigenvalue weighted by Crippen LogP contribution is -2.40. The number of hydrogen-bond acceptors (Lipinski definition) is 6. The van der Waals surface area contributed by atoms with E-state index in [4.69, 9.17) is 9.15 Å². The van der Waals surface area contributed by atoms with Crippen LogP contribution < -0.4 is 5.32 Å². The lowest BCUT2D eigenvalue weighted by molar-refractivity contribution is -0.145. The quantitative estimate of drug-likeness (QED) is 0.616. The summed E-state index contributed by atoms with van der Waals surface area (Å²) < 4.78 is 9.98. The van der Waals surface area contributed by atoms with Gasteiger partial charge in [-0.25, -0.2) is 4.79 Å². The van der Waals surface area contributed by atoms with E-state index >= 15 is 0 Å². The van der Waals surface area contributed by atoms with Crippen molar-refractivity contribution in [2.45, 2.75) is 13.0 Å². The summed E-state index contributed by atoms with van der Waals surface area (Å²) in [6.07, 6.45) is 1.35. The van der Waals surface area contributed by atoms with Crippen LogP contribution in [0, 0.1) is 0 Å². The fourth-order valence-corrected chi connectivity index (χ4v) is 2.54. The molecule has 2 aromatic rings. The maximum absolute atomic E-state index is 12.2. The van der Waals surface area contributed by atoms with Gasteiger partial charge in [0.2, 0.25) is 0 Å². The zero-order chi connectivity index (χ0) is 18.7. The second kappa shape index (κ2) is 7.22. The van der Waals surface area contributed by atoms with Gasteiger partial charge in [-0.2, -0.15) is 0 Å². The molecule has 0 saturated carbocycles. The Kier molecular flexibility index (Phi) is 4.83. The highest BCUT2D eigenvalue weighted by Crippen LogP contribution is 2.21. The minimum absolute atomic E-state index is 0.0586. The molecule has 134 valence electrons. The number of nitrogens with zero attached hydrogens (tertiary/aromatic N) is 1. The van der Waals surface area contributed by atoms with E-state index in [9.17, 15) is 19.2 Å². The average Bonchev–Trinajstić information content (AvgIpc) is 3.25. The predicted molar refractivity (Wildman–Crippen MR) is 88.4 cm³/mol. The van der Waals surface area contributed by atoms with Crippen molar-refractivity contribution in [3.8, 4) is 0 Å². The highest BCUT2D eigenvalue weighted by Gasteiger charge is 2.35. The van der Waals surface area contributed by atoms with Gasteiger partial charge in [-0.05, 0) is 31.2 Å². The maximum Gasteiger partial charge on any atom is 0.328 e. The summed E-state index contributed by atoms with van der Waals surface area (Å²) in [5.74, 6) is -1.97. The van der Waals surface area contributed by atoms with E-state index < -0.39 is 29.7 Å². The van der Waals surface area contributed by atoms with Crippen LogP contribution in [0.4, 0.5) is 0 Å². The first-order chi connectivity index (χ1) is 12.5. The van der Waals surface area contributed by atoms with Gasteiger partial charge < -0.3 is 14.5 Å². The lowest BCUT2D eigenvalue weighted by atomic mass is 10.1. The average molecular weight is 356 g/mol. The van der Waals surface area contributed by atoms with E-state index in [1.165, 1.54) is 19.3 Å². The van der Waals surface area contributed by atoms with Gasteiger partial charge in [0.05, 0.1) is 23.9 Å². The van der Waals surface area contributed by atoms with Crippen LogP contribution in [0.1, 0.15) is 38.2 Å². The smallest absolute Gasteiger partial charge is 0.328 e. The van der Waals surface area contributed by atoms with Crippen molar-refractivity contribution < 1.29 is 28.3 Å². The van der Waals surface area contributed by atoms with E-state index in [0.29, 0.717) is 11.1 Å². The highest BCUT2D eigenvalue weighted by molar-refractivity contribution is 6.21. The number of hydrogen-bond donors (Lipinski definition) is 1. The molecule has 26 heavy (non-hydrogen) atoms. The molecule has 0 fully saturated rings. The number of rotatable bonds is 6. The summed E-state index contributed by atoms with van der Waals surface area (Å²) in [6.45, 7) is 1.24. The minimum Gasteiger partial charge on any atom is -0.462 e. The largest absolute Gasteiger partial charge is 0.462 e. The third-order valence-corrected chi connectivity index (χ3v) is 3.88. The number of imide groups is 1. The van der Waals surface area contributed by atoms with Gasteiger partial charge >= 0.3 is 5.97 Å². The Balaban J connectivity index is 1.49. The van der Waals surface area contributed by atoms with Gasteiger partial charge in [-0.1, -0.05) is 12.1 Å². The number of amides is 3. The number of benzene rings is 1. The molecular weight excluding hydrogens is 340 g/mol. The Hall–Kier alpha value is -3.42. The van der Waals surface area contributed by atoms with Gasteiger partial charge in [0.15, 0.2) is 5.76 Å². The van der Waals surface area contributed by atoms with E-state index in [1.54, 1.807) is 30.3 Å².